The normalized spacial score (nSPS) is 16.8. The van der Waals surface area contributed by atoms with Crippen LogP contribution in [0.1, 0.15) is 27.2 Å². The van der Waals surface area contributed by atoms with Crippen molar-refractivity contribution in [1.82, 2.24) is 14.8 Å². The van der Waals surface area contributed by atoms with Gasteiger partial charge in [0.25, 0.3) is 5.91 Å². The second kappa shape index (κ2) is 13.4. The third-order valence-corrected chi connectivity index (χ3v) is 9.21. The van der Waals surface area contributed by atoms with E-state index in [1.807, 2.05) is 25.1 Å². The lowest BCUT2D eigenvalue weighted by Crippen LogP contribution is -2.38. The van der Waals surface area contributed by atoms with E-state index in [4.69, 9.17) is 26.8 Å². The standard InChI is InChI=1S/C34H33N3O5S2/c1-22-18-27-21-26(7-8-29(27)35-22)28-19-24(4-9-30(28)42-17-14-36-12-15-41-16-13-36)20-31-32(38)37(34(43)44-31)11-10-23-2-5-25(6-3-23)33(39)40/h2-9,18-21,35H,10-17H2,1H3,(H,39,40). The topological polar surface area (TPSA) is 95.1 Å². The van der Waals surface area contributed by atoms with Crippen LogP contribution in [0.2, 0.25) is 0 Å². The molecule has 44 heavy (non-hydrogen) atoms. The van der Waals surface area contributed by atoms with Crippen molar-refractivity contribution in [2.75, 3.05) is 46.0 Å². The lowest BCUT2D eigenvalue weighted by atomic mass is 10.00. The number of nitrogens with zero attached hydrogens (tertiary/aromatic N) is 2. The van der Waals surface area contributed by atoms with Crippen LogP contribution in [0.4, 0.5) is 0 Å². The van der Waals surface area contributed by atoms with Crippen LogP contribution in [-0.2, 0) is 16.0 Å². The molecular formula is C34H33N3O5S2. The van der Waals surface area contributed by atoms with Crippen molar-refractivity contribution in [3.63, 3.8) is 0 Å². The third kappa shape index (κ3) is 6.89. The fraction of sp³-hybridized carbons (Fsp3) is 0.265. The first-order valence-corrected chi connectivity index (χ1v) is 15.8. The number of carboxylic acids is 1. The molecule has 2 aliphatic heterocycles. The van der Waals surface area contributed by atoms with Gasteiger partial charge in [0.15, 0.2) is 0 Å². The molecule has 4 aromatic rings. The number of fused-ring (bicyclic) bond motifs is 1. The second-order valence-corrected chi connectivity index (χ2v) is 12.6. The number of morpholine rings is 1. The van der Waals surface area contributed by atoms with Crippen molar-refractivity contribution in [2.24, 2.45) is 0 Å². The van der Waals surface area contributed by atoms with Crippen LogP contribution >= 0.6 is 24.0 Å². The molecule has 3 heterocycles. The number of thiocarbonyl (C=S) groups is 1. The van der Waals surface area contributed by atoms with Crippen LogP contribution in [0.15, 0.2) is 71.6 Å². The number of thioether (sulfide) groups is 1. The molecule has 0 unspecified atom stereocenters. The van der Waals surface area contributed by atoms with Gasteiger partial charge in [0.1, 0.15) is 16.7 Å². The molecule has 3 aromatic carbocycles. The zero-order valence-corrected chi connectivity index (χ0v) is 26.0. The Bertz CT molecular complexity index is 1740. The Balaban J connectivity index is 1.21. The molecule has 0 saturated carbocycles. The molecular weight excluding hydrogens is 595 g/mol. The van der Waals surface area contributed by atoms with Crippen LogP contribution in [0.5, 0.6) is 5.75 Å². The van der Waals surface area contributed by atoms with Crippen molar-refractivity contribution in [3.8, 4) is 16.9 Å². The predicted molar refractivity (Wildman–Crippen MR) is 178 cm³/mol. The molecule has 0 aliphatic carbocycles. The largest absolute Gasteiger partial charge is 0.492 e. The Morgan fingerprint density at radius 2 is 1.86 bits per heavy atom. The van der Waals surface area contributed by atoms with Crippen LogP contribution < -0.4 is 4.74 Å². The molecule has 8 nitrogen and oxygen atoms in total. The summed E-state index contributed by atoms with van der Waals surface area (Å²) in [6, 6.07) is 21.2. The Hall–Kier alpha value is -3.96. The fourth-order valence-corrected chi connectivity index (χ4v) is 6.75. The molecule has 0 radical (unpaired) electrons. The summed E-state index contributed by atoms with van der Waals surface area (Å²) < 4.78 is 12.3. The number of ether oxygens (including phenoxy) is 2. The van der Waals surface area contributed by atoms with Crippen LogP contribution in [0, 0.1) is 6.92 Å². The zero-order valence-electron chi connectivity index (χ0n) is 24.4. The Labute approximate surface area is 265 Å². The van der Waals surface area contributed by atoms with Gasteiger partial charge in [-0.2, -0.15) is 0 Å². The Morgan fingerprint density at radius 3 is 2.64 bits per heavy atom. The van der Waals surface area contributed by atoms with Crippen molar-refractivity contribution >= 4 is 57.2 Å². The highest BCUT2D eigenvalue weighted by Crippen LogP contribution is 2.37. The molecule has 6 rings (SSSR count). The number of rotatable bonds is 10. The van der Waals surface area contributed by atoms with Gasteiger partial charge in [0.05, 0.1) is 23.7 Å². The molecule has 0 atom stereocenters. The number of aryl methyl sites for hydroxylation is 1. The van der Waals surface area contributed by atoms with Crippen LogP contribution in [-0.4, -0.2) is 82.1 Å². The van der Waals surface area contributed by atoms with E-state index in [1.54, 1.807) is 29.2 Å². The maximum absolute atomic E-state index is 13.4. The number of carbonyl (C=O) groups is 2. The highest BCUT2D eigenvalue weighted by Gasteiger charge is 2.31. The number of benzene rings is 3. The maximum atomic E-state index is 13.4. The molecule has 2 N–H and O–H groups in total. The minimum Gasteiger partial charge on any atom is -0.492 e. The summed E-state index contributed by atoms with van der Waals surface area (Å²) in [7, 11) is 0. The summed E-state index contributed by atoms with van der Waals surface area (Å²) in [5, 5.41) is 10.3. The Morgan fingerprint density at radius 1 is 1.07 bits per heavy atom. The lowest BCUT2D eigenvalue weighted by Gasteiger charge is -2.26. The Kier molecular flexibility index (Phi) is 9.13. The van der Waals surface area contributed by atoms with Crippen molar-refractivity contribution in [2.45, 2.75) is 13.3 Å². The number of aromatic carboxylic acids is 1. The minimum atomic E-state index is -0.963. The van der Waals surface area contributed by atoms with Gasteiger partial charge in [-0.05, 0) is 78.6 Å². The van der Waals surface area contributed by atoms with E-state index >= 15 is 0 Å². The first kappa shape index (κ1) is 30.1. The van der Waals surface area contributed by atoms with Crippen LogP contribution in [0.25, 0.3) is 28.1 Å². The summed E-state index contributed by atoms with van der Waals surface area (Å²) in [5.41, 5.74) is 6.24. The number of aromatic nitrogens is 1. The second-order valence-electron chi connectivity index (χ2n) is 10.9. The number of amides is 1. The number of hydrogen-bond donors (Lipinski definition) is 2. The molecule has 226 valence electrons. The van der Waals surface area contributed by atoms with E-state index in [-0.39, 0.29) is 11.5 Å². The summed E-state index contributed by atoms with van der Waals surface area (Å²) in [4.78, 5) is 32.4. The average Bonchev–Trinajstić information content (AvgIpc) is 3.53. The molecule has 2 saturated heterocycles. The first-order chi connectivity index (χ1) is 21.3. The van der Waals surface area contributed by atoms with Gasteiger partial charge < -0.3 is 19.6 Å². The minimum absolute atomic E-state index is 0.126. The van der Waals surface area contributed by atoms with Gasteiger partial charge in [-0.15, -0.1) is 0 Å². The van der Waals surface area contributed by atoms with E-state index in [0.29, 0.717) is 28.8 Å². The summed E-state index contributed by atoms with van der Waals surface area (Å²) in [5.74, 6) is -0.295. The third-order valence-electron chi connectivity index (χ3n) is 7.84. The fourth-order valence-electron chi connectivity index (χ4n) is 5.44. The van der Waals surface area contributed by atoms with Gasteiger partial charge >= 0.3 is 5.97 Å². The number of aromatic amines is 1. The average molecular weight is 628 g/mol. The molecule has 10 heteroatoms. The molecule has 0 bridgehead atoms. The van der Waals surface area contributed by atoms with Crippen LogP contribution in [0.3, 0.4) is 0 Å². The van der Waals surface area contributed by atoms with Gasteiger partial charge in [0.2, 0.25) is 0 Å². The smallest absolute Gasteiger partial charge is 0.335 e. The molecule has 0 spiro atoms. The monoisotopic (exact) mass is 627 g/mol. The summed E-state index contributed by atoms with van der Waals surface area (Å²) >= 11 is 6.87. The van der Waals surface area contributed by atoms with Crippen molar-refractivity contribution in [1.29, 1.82) is 0 Å². The van der Waals surface area contributed by atoms with Gasteiger partial charge in [0, 0.05) is 48.3 Å². The molecule has 1 amide bonds. The zero-order chi connectivity index (χ0) is 30.6. The highest BCUT2D eigenvalue weighted by atomic mass is 32.2. The van der Waals surface area contributed by atoms with Gasteiger partial charge in [-0.3, -0.25) is 14.6 Å². The highest BCUT2D eigenvalue weighted by molar-refractivity contribution is 8.26. The molecule has 2 fully saturated rings. The molecule has 1 aromatic heterocycles. The van der Waals surface area contributed by atoms with Gasteiger partial charge in [-0.1, -0.05) is 48.2 Å². The van der Waals surface area contributed by atoms with E-state index < -0.39 is 5.97 Å². The van der Waals surface area contributed by atoms with E-state index in [9.17, 15) is 9.59 Å². The van der Waals surface area contributed by atoms with Crippen molar-refractivity contribution in [3.05, 3.63) is 94.0 Å². The maximum Gasteiger partial charge on any atom is 0.335 e. The number of carbonyl (C=O) groups excluding carboxylic acids is 1. The quantitative estimate of drug-likeness (QED) is 0.163. The van der Waals surface area contributed by atoms with E-state index in [1.165, 1.54) is 11.8 Å². The first-order valence-electron chi connectivity index (χ1n) is 14.6. The van der Waals surface area contributed by atoms with E-state index in [2.05, 4.69) is 40.2 Å². The van der Waals surface area contributed by atoms with Crippen molar-refractivity contribution < 1.29 is 24.2 Å². The number of H-pyrrole nitrogens is 1. The summed E-state index contributed by atoms with van der Waals surface area (Å²) in [6.07, 6.45) is 2.46. The molecule has 2 aliphatic rings. The van der Waals surface area contributed by atoms with Gasteiger partial charge in [-0.25, -0.2) is 4.79 Å². The number of nitrogens with one attached hydrogen (secondary N) is 1. The predicted octanol–water partition coefficient (Wildman–Crippen LogP) is 6.00. The summed E-state index contributed by atoms with van der Waals surface area (Å²) in [6.45, 7) is 7.19. The lowest BCUT2D eigenvalue weighted by molar-refractivity contribution is -0.122. The number of carboxylic acid groups (broad SMARTS) is 1. The van der Waals surface area contributed by atoms with E-state index in [0.717, 1.165) is 77.4 Å². The SMILES string of the molecule is Cc1cc2cc(-c3cc(C=C4SC(=S)N(CCc5ccc(C(=O)O)cc5)C4=O)ccc3OCCN3CCOCC3)ccc2[nH]1. The number of hydrogen-bond acceptors (Lipinski definition) is 7.